The third kappa shape index (κ3) is 3.12. The van der Waals surface area contributed by atoms with Crippen molar-refractivity contribution in [1.29, 1.82) is 0 Å². The summed E-state index contributed by atoms with van der Waals surface area (Å²) in [4.78, 5) is 9.53. The summed E-state index contributed by atoms with van der Waals surface area (Å²) in [5, 5.41) is 8.88. The summed E-state index contributed by atoms with van der Waals surface area (Å²) in [6.45, 7) is 2.07. The number of rotatable bonds is 4. The predicted molar refractivity (Wildman–Crippen MR) is 124 cm³/mol. The van der Waals surface area contributed by atoms with E-state index in [0.29, 0.717) is 13.2 Å². The van der Waals surface area contributed by atoms with Crippen molar-refractivity contribution in [2.45, 2.75) is 19.5 Å². The molecule has 0 aliphatic carbocycles. The zero-order valence-corrected chi connectivity index (χ0v) is 18.9. The fourth-order valence-corrected chi connectivity index (χ4v) is 4.62. The van der Waals surface area contributed by atoms with E-state index in [4.69, 9.17) is 14.5 Å². The van der Waals surface area contributed by atoms with Crippen LogP contribution in [0, 0.1) is 0 Å². The molecule has 0 atom stereocenters. The molecule has 2 aromatic carbocycles. The summed E-state index contributed by atoms with van der Waals surface area (Å²) in [7, 11) is 1.66. The van der Waals surface area contributed by atoms with E-state index in [-0.39, 0.29) is 0 Å². The van der Waals surface area contributed by atoms with Crippen molar-refractivity contribution in [3.63, 3.8) is 0 Å². The highest BCUT2D eigenvalue weighted by Gasteiger charge is 2.22. The van der Waals surface area contributed by atoms with Crippen molar-refractivity contribution in [2.24, 2.45) is 0 Å². The van der Waals surface area contributed by atoms with E-state index < -0.39 is 0 Å². The fourth-order valence-electron chi connectivity index (χ4n) is 4.20. The van der Waals surface area contributed by atoms with Crippen molar-refractivity contribution in [3.8, 4) is 22.9 Å². The SMILES string of the molecule is COc1ccc(Cn2nnc3c(-c4nc5cc(Br)cc6c5n4CCCO6)ccnc32)cc1. The van der Waals surface area contributed by atoms with E-state index in [9.17, 15) is 0 Å². The monoisotopic (exact) mass is 490 g/mol. The summed E-state index contributed by atoms with van der Waals surface area (Å²) < 4.78 is 16.2. The van der Waals surface area contributed by atoms with Crippen LogP contribution in [0.25, 0.3) is 33.6 Å². The van der Waals surface area contributed by atoms with Crippen LogP contribution in [0.4, 0.5) is 0 Å². The van der Waals surface area contributed by atoms with E-state index in [2.05, 4.69) is 35.8 Å². The molecule has 0 bridgehead atoms. The number of halogens is 1. The standard InChI is InChI=1S/C23H19BrN6O2/c1-31-16-5-3-14(4-6-16)13-30-23-20(27-28-30)17(7-8-25-23)22-26-18-11-15(24)12-19-21(18)29(22)9-2-10-32-19/h3-8,11-12H,2,9-10,13H2,1H3. The van der Waals surface area contributed by atoms with Crippen LogP contribution in [-0.2, 0) is 13.1 Å². The Hall–Kier alpha value is -3.46. The van der Waals surface area contributed by atoms with Crippen LogP contribution in [-0.4, -0.2) is 43.2 Å². The molecule has 3 aromatic heterocycles. The summed E-state index contributed by atoms with van der Waals surface area (Å²) >= 11 is 3.57. The third-order valence-electron chi connectivity index (χ3n) is 5.69. The van der Waals surface area contributed by atoms with E-state index in [1.54, 1.807) is 13.3 Å². The molecule has 9 heteroatoms. The molecule has 0 spiro atoms. The van der Waals surface area contributed by atoms with Gasteiger partial charge in [-0.1, -0.05) is 33.3 Å². The minimum absolute atomic E-state index is 0.568. The fraction of sp³-hybridized carbons (Fsp3) is 0.217. The van der Waals surface area contributed by atoms with Gasteiger partial charge in [-0.2, -0.15) is 0 Å². The Morgan fingerprint density at radius 1 is 1.16 bits per heavy atom. The predicted octanol–water partition coefficient (Wildman–Crippen LogP) is 4.44. The first-order valence-corrected chi connectivity index (χ1v) is 11.1. The first-order chi connectivity index (χ1) is 15.7. The van der Waals surface area contributed by atoms with Crippen LogP contribution < -0.4 is 9.47 Å². The molecule has 4 heterocycles. The second-order valence-electron chi connectivity index (χ2n) is 7.69. The Kier molecular flexibility index (Phi) is 4.57. The normalized spacial score (nSPS) is 13.3. The smallest absolute Gasteiger partial charge is 0.179 e. The number of ether oxygens (including phenoxy) is 2. The summed E-state index contributed by atoms with van der Waals surface area (Å²) in [6.07, 6.45) is 2.70. The second kappa shape index (κ2) is 7.59. The molecule has 1 aliphatic rings. The molecule has 0 radical (unpaired) electrons. The highest BCUT2D eigenvalue weighted by molar-refractivity contribution is 9.10. The maximum Gasteiger partial charge on any atom is 0.179 e. The van der Waals surface area contributed by atoms with Crippen molar-refractivity contribution in [2.75, 3.05) is 13.7 Å². The van der Waals surface area contributed by atoms with Gasteiger partial charge >= 0.3 is 0 Å². The molecule has 0 saturated heterocycles. The Bertz CT molecular complexity index is 1460. The highest BCUT2D eigenvalue weighted by atomic mass is 79.9. The first kappa shape index (κ1) is 19.2. The van der Waals surface area contributed by atoms with Crippen molar-refractivity contribution < 1.29 is 9.47 Å². The quantitative estimate of drug-likeness (QED) is 0.370. The van der Waals surface area contributed by atoms with E-state index in [0.717, 1.165) is 68.1 Å². The third-order valence-corrected chi connectivity index (χ3v) is 6.15. The van der Waals surface area contributed by atoms with E-state index in [1.165, 1.54) is 0 Å². The van der Waals surface area contributed by atoms with Crippen LogP contribution >= 0.6 is 15.9 Å². The number of fused-ring (bicyclic) bond motifs is 1. The number of aromatic nitrogens is 6. The Labute approximate surface area is 191 Å². The van der Waals surface area contributed by atoms with Crippen LogP contribution in [0.5, 0.6) is 11.5 Å². The summed E-state index contributed by atoms with van der Waals surface area (Å²) in [5.74, 6) is 2.52. The van der Waals surface area contributed by atoms with Gasteiger partial charge in [0.15, 0.2) is 5.65 Å². The molecule has 0 fully saturated rings. The van der Waals surface area contributed by atoms with Gasteiger partial charge in [0.1, 0.15) is 28.4 Å². The summed E-state index contributed by atoms with van der Waals surface area (Å²) in [5.41, 5.74) is 5.37. The molecule has 6 rings (SSSR count). The van der Waals surface area contributed by atoms with E-state index >= 15 is 0 Å². The number of methoxy groups -OCH3 is 1. The number of imidazole rings is 1. The molecule has 5 aromatic rings. The summed E-state index contributed by atoms with van der Waals surface area (Å²) in [6, 6.07) is 13.9. The molecular formula is C23H19BrN6O2. The van der Waals surface area contributed by atoms with Gasteiger partial charge in [0.05, 0.1) is 31.3 Å². The number of nitrogens with zero attached hydrogens (tertiary/aromatic N) is 6. The molecule has 0 unspecified atom stereocenters. The van der Waals surface area contributed by atoms with Gasteiger partial charge in [0.25, 0.3) is 0 Å². The number of pyridine rings is 1. The number of hydrogen-bond acceptors (Lipinski definition) is 6. The molecule has 0 amide bonds. The Morgan fingerprint density at radius 2 is 2.03 bits per heavy atom. The van der Waals surface area contributed by atoms with Gasteiger partial charge in [0.2, 0.25) is 0 Å². The molecule has 32 heavy (non-hydrogen) atoms. The van der Waals surface area contributed by atoms with Gasteiger partial charge in [-0.05, 0) is 42.3 Å². The zero-order valence-electron chi connectivity index (χ0n) is 17.3. The van der Waals surface area contributed by atoms with Crippen molar-refractivity contribution in [3.05, 3.63) is 58.7 Å². The van der Waals surface area contributed by atoms with Gasteiger partial charge in [-0.15, -0.1) is 5.10 Å². The number of hydrogen-bond donors (Lipinski definition) is 0. The first-order valence-electron chi connectivity index (χ1n) is 10.4. The van der Waals surface area contributed by atoms with Gasteiger partial charge in [0, 0.05) is 17.2 Å². The van der Waals surface area contributed by atoms with Gasteiger partial charge in [-0.3, -0.25) is 0 Å². The van der Waals surface area contributed by atoms with Crippen LogP contribution in [0.15, 0.2) is 53.1 Å². The van der Waals surface area contributed by atoms with Crippen molar-refractivity contribution >= 4 is 38.1 Å². The highest BCUT2D eigenvalue weighted by Crippen LogP contribution is 2.37. The van der Waals surface area contributed by atoms with Gasteiger partial charge < -0.3 is 14.0 Å². The maximum atomic E-state index is 5.98. The lowest BCUT2D eigenvalue weighted by Crippen LogP contribution is -2.03. The van der Waals surface area contributed by atoms with Crippen LogP contribution in [0.3, 0.4) is 0 Å². The van der Waals surface area contributed by atoms with Gasteiger partial charge in [-0.25, -0.2) is 14.6 Å². The van der Waals surface area contributed by atoms with Crippen LogP contribution in [0.2, 0.25) is 0 Å². The van der Waals surface area contributed by atoms with Crippen molar-refractivity contribution in [1.82, 2.24) is 29.5 Å². The zero-order chi connectivity index (χ0) is 21.7. The lowest BCUT2D eigenvalue weighted by Gasteiger charge is -2.07. The molecule has 0 saturated carbocycles. The van der Waals surface area contributed by atoms with E-state index in [1.807, 2.05) is 47.1 Å². The lowest BCUT2D eigenvalue weighted by atomic mass is 10.2. The molecule has 160 valence electrons. The minimum atomic E-state index is 0.568. The average molecular weight is 491 g/mol. The maximum absolute atomic E-state index is 5.98. The molecular weight excluding hydrogens is 472 g/mol. The minimum Gasteiger partial charge on any atom is -0.497 e. The Balaban J connectivity index is 1.47. The topological polar surface area (TPSA) is 79.9 Å². The average Bonchev–Trinajstić information content (AvgIpc) is 3.31. The Morgan fingerprint density at radius 3 is 2.88 bits per heavy atom. The second-order valence-corrected chi connectivity index (χ2v) is 8.60. The molecule has 8 nitrogen and oxygen atoms in total. The number of benzene rings is 2. The number of aryl methyl sites for hydroxylation is 1. The largest absolute Gasteiger partial charge is 0.497 e. The molecule has 0 N–H and O–H groups in total. The molecule has 1 aliphatic heterocycles. The van der Waals surface area contributed by atoms with Crippen LogP contribution in [0.1, 0.15) is 12.0 Å². The lowest BCUT2D eigenvalue weighted by molar-refractivity contribution is 0.315.